The van der Waals surface area contributed by atoms with E-state index in [2.05, 4.69) is 25.8 Å². The summed E-state index contributed by atoms with van der Waals surface area (Å²) in [7, 11) is 0. The van der Waals surface area contributed by atoms with E-state index in [1.54, 1.807) is 0 Å². The summed E-state index contributed by atoms with van der Waals surface area (Å²) in [6, 6.07) is 0.451. The van der Waals surface area contributed by atoms with E-state index in [9.17, 15) is 0 Å². The molecule has 6 heteroatoms. The first-order chi connectivity index (χ1) is 8.84. The van der Waals surface area contributed by atoms with E-state index in [4.69, 9.17) is 4.52 Å². The maximum absolute atomic E-state index is 5.15. The molecule has 0 amide bonds. The molecule has 6 nitrogen and oxygen atoms in total. The van der Waals surface area contributed by atoms with E-state index in [1.807, 2.05) is 6.92 Å². The lowest BCUT2D eigenvalue weighted by atomic mass is 10.1. The molecule has 1 unspecified atom stereocenters. The normalized spacial score (nSPS) is 20.8. The summed E-state index contributed by atoms with van der Waals surface area (Å²) in [5, 5.41) is 11.7. The monoisotopic (exact) mass is 247 g/mol. The number of nitrogens with zero attached hydrogens (tertiary/aromatic N) is 3. The van der Waals surface area contributed by atoms with Crippen LogP contribution in [0.25, 0.3) is 11.1 Å². The van der Waals surface area contributed by atoms with Crippen molar-refractivity contribution < 1.29 is 4.52 Å². The molecule has 3 rings (SSSR count). The van der Waals surface area contributed by atoms with Gasteiger partial charge in [0.25, 0.3) is 5.71 Å². The van der Waals surface area contributed by atoms with Crippen LogP contribution < -0.4 is 10.6 Å². The highest BCUT2D eigenvalue weighted by Gasteiger charge is 2.16. The topological polar surface area (TPSA) is 75.9 Å². The van der Waals surface area contributed by atoms with Crippen molar-refractivity contribution in [2.45, 2.75) is 32.2 Å². The van der Waals surface area contributed by atoms with E-state index in [1.165, 1.54) is 12.7 Å². The van der Waals surface area contributed by atoms with Crippen molar-refractivity contribution >= 4 is 16.9 Å². The molecule has 0 spiro atoms. The minimum absolute atomic E-state index is 0.451. The second-order valence-electron chi connectivity index (χ2n) is 4.69. The van der Waals surface area contributed by atoms with E-state index in [-0.39, 0.29) is 0 Å². The third-order valence-corrected chi connectivity index (χ3v) is 3.36. The molecular weight excluding hydrogens is 230 g/mol. The van der Waals surface area contributed by atoms with Crippen LogP contribution >= 0.6 is 0 Å². The molecule has 0 radical (unpaired) electrons. The highest BCUT2D eigenvalue weighted by Crippen LogP contribution is 2.24. The van der Waals surface area contributed by atoms with Gasteiger partial charge in [-0.15, -0.1) is 0 Å². The van der Waals surface area contributed by atoms with Gasteiger partial charge in [0.1, 0.15) is 17.5 Å². The van der Waals surface area contributed by atoms with Crippen LogP contribution in [0.4, 0.5) is 5.82 Å². The molecule has 2 aromatic rings. The Labute approximate surface area is 105 Å². The molecule has 0 aromatic carbocycles. The Bertz CT molecular complexity index is 530. The van der Waals surface area contributed by atoms with Crippen LogP contribution in [-0.2, 0) is 0 Å². The number of hydrogen-bond acceptors (Lipinski definition) is 6. The minimum Gasteiger partial charge on any atom is -0.367 e. The number of aryl methyl sites for hydroxylation is 1. The van der Waals surface area contributed by atoms with Gasteiger partial charge in [-0.1, -0.05) is 5.16 Å². The Balaban J connectivity index is 1.87. The summed E-state index contributed by atoms with van der Waals surface area (Å²) in [6.07, 6.45) is 4.97. The summed E-state index contributed by atoms with van der Waals surface area (Å²) in [5.41, 5.74) is 1.39. The average Bonchev–Trinajstić information content (AvgIpc) is 2.61. The fraction of sp³-hybridized carbons (Fsp3) is 0.583. The Morgan fingerprint density at radius 3 is 3.22 bits per heavy atom. The smallest absolute Gasteiger partial charge is 0.263 e. The Hall–Kier alpha value is -1.69. The molecule has 0 aliphatic carbocycles. The van der Waals surface area contributed by atoms with Crippen LogP contribution in [0.2, 0.25) is 0 Å². The van der Waals surface area contributed by atoms with Crippen LogP contribution in [0.5, 0.6) is 0 Å². The number of aromatic nitrogens is 3. The minimum atomic E-state index is 0.451. The van der Waals surface area contributed by atoms with Gasteiger partial charge in [-0.25, -0.2) is 4.98 Å². The lowest BCUT2D eigenvalue weighted by Crippen LogP contribution is -2.22. The van der Waals surface area contributed by atoms with Gasteiger partial charge in [-0.3, -0.25) is 0 Å². The van der Waals surface area contributed by atoms with Crippen molar-refractivity contribution in [1.29, 1.82) is 0 Å². The van der Waals surface area contributed by atoms with Crippen molar-refractivity contribution in [3.05, 3.63) is 12.0 Å². The molecule has 1 aliphatic rings. The molecule has 1 atom stereocenters. The van der Waals surface area contributed by atoms with E-state index >= 15 is 0 Å². The fourth-order valence-corrected chi connectivity index (χ4v) is 2.39. The zero-order valence-electron chi connectivity index (χ0n) is 10.4. The summed E-state index contributed by atoms with van der Waals surface area (Å²) >= 11 is 0. The highest BCUT2D eigenvalue weighted by atomic mass is 16.5. The molecule has 1 fully saturated rings. The molecular formula is C12H17N5O. The quantitative estimate of drug-likeness (QED) is 0.837. The first kappa shape index (κ1) is 11.4. The van der Waals surface area contributed by atoms with Crippen molar-refractivity contribution in [2.75, 3.05) is 18.4 Å². The van der Waals surface area contributed by atoms with Gasteiger partial charge in [-0.05, 0) is 39.3 Å². The van der Waals surface area contributed by atoms with Gasteiger partial charge in [0, 0.05) is 6.04 Å². The highest BCUT2D eigenvalue weighted by molar-refractivity contribution is 5.87. The molecule has 2 aromatic heterocycles. The standard InChI is InChI=1S/C12H17N5O/c1-8-10-11(14-7-15-12(10)18-17-8)16-9-3-2-5-13-6-4-9/h7,9,13H,2-6H2,1H3,(H,14,15,16). The lowest BCUT2D eigenvalue weighted by molar-refractivity contribution is 0.442. The molecule has 0 saturated carbocycles. The predicted molar refractivity (Wildman–Crippen MR) is 68.5 cm³/mol. The maximum Gasteiger partial charge on any atom is 0.263 e. The summed E-state index contributed by atoms with van der Waals surface area (Å²) in [5.74, 6) is 0.839. The molecule has 1 saturated heterocycles. The zero-order valence-corrected chi connectivity index (χ0v) is 10.4. The number of anilines is 1. The largest absolute Gasteiger partial charge is 0.367 e. The van der Waals surface area contributed by atoms with Crippen molar-refractivity contribution in [3.8, 4) is 0 Å². The zero-order chi connectivity index (χ0) is 12.4. The van der Waals surface area contributed by atoms with Gasteiger partial charge in [0.2, 0.25) is 0 Å². The first-order valence-corrected chi connectivity index (χ1v) is 6.39. The summed E-state index contributed by atoms with van der Waals surface area (Å²) in [6.45, 7) is 4.06. The third kappa shape index (κ3) is 2.15. The summed E-state index contributed by atoms with van der Waals surface area (Å²) in [4.78, 5) is 8.40. The van der Waals surface area contributed by atoms with Crippen molar-refractivity contribution in [3.63, 3.8) is 0 Å². The van der Waals surface area contributed by atoms with Crippen LogP contribution in [-0.4, -0.2) is 34.3 Å². The Morgan fingerprint density at radius 2 is 2.28 bits per heavy atom. The van der Waals surface area contributed by atoms with Crippen LogP contribution in [0.3, 0.4) is 0 Å². The van der Waals surface area contributed by atoms with E-state index < -0.39 is 0 Å². The van der Waals surface area contributed by atoms with Crippen LogP contribution in [0.15, 0.2) is 10.9 Å². The number of fused-ring (bicyclic) bond motifs is 1. The molecule has 96 valence electrons. The second kappa shape index (κ2) is 4.89. The summed E-state index contributed by atoms with van der Waals surface area (Å²) < 4.78 is 5.15. The molecule has 0 bridgehead atoms. The van der Waals surface area contributed by atoms with Gasteiger partial charge in [-0.2, -0.15) is 4.98 Å². The second-order valence-corrected chi connectivity index (χ2v) is 4.69. The maximum atomic E-state index is 5.15. The van der Waals surface area contributed by atoms with Gasteiger partial charge in [0.15, 0.2) is 0 Å². The first-order valence-electron chi connectivity index (χ1n) is 6.39. The average molecular weight is 247 g/mol. The van der Waals surface area contributed by atoms with E-state index in [0.29, 0.717) is 11.8 Å². The Kier molecular flexibility index (Phi) is 3.10. The van der Waals surface area contributed by atoms with Gasteiger partial charge in [0.05, 0.1) is 5.69 Å². The number of nitrogens with one attached hydrogen (secondary N) is 2. The Morgan fingerprint density at radius 1 is 1.33 bits per heavy atom. The number of rotatable bonds is 2. The van der Waals surface area contributed by atoms with Gasteiger partial charge < -0.3 is 15.2 Å². The number of hydrogen-bond donors (Lipinski definition) is 2. The molecule has 1 aliphatic heterocycles. The van der Waals surface area contributed by atoms with Gasteiger partial charge >= 0.3 is 0 Å². The lowest BCUT2D eigenvalue weighted by Gasteiger charge is -2.16. The molecule has 3 heterocycles. The predicted octanol–water partition coefficient (Wildman–Crippen LogP) is 1.48. The fourth-order valence-electron chi connectivity index (χ4n) is 2.39. The van der Waals surface area contributed by atoms with Crippen LogP contribution in [0.1, 0.15) is 25.0 Å². The molecule has 18 heavy (non-hydrogen) atoms. The SMILES string of the molecule is Cc1noc2ncnc(NC3CCCNCC3)c12. The van der Waals surface area contributed by atoms with Crippen molar-refractivity contribution in [2.24, 2.45) is 0 Å². The third-order valence-electron chi connectivity index (χ3n) is 3.36. The van der Waals surface area contributed by atoms with E-state index in [0.717, 1.165) is 42.8 Å². The molecule has 2 N–H and O–H groups in total. The van der Waals surface area contributed by atoms with Crippen LogP contribution in [0, 0.1) is 6.92 Å². The van der Waals surface area contributed by atoms with Crippen molar-refractivity contribution in [1.82, 2.24) is 20.4 Å².